The minimum atomic E-state index is -0.949. The average Bonchev–Trinajstić information content (AvgIpc) is 3.28. The highest BCUT2D eigenvalue weighted by Gasteiger charge is 2.36. The van der Waals surface area contributed by atoms with Crippen LogP contribution < -0.4 is 15.8 Å². The molecule has 0 aliphatic carbocycles. The summed E-state index contributed by atoms with van der Waals surface area (Å²) in [5.74, 6) is -0.616. The molecule has 1 saturated heterocycles. The highest BCUT2D eigenvalue weighted by Crippen LogP contribution is 2.25. The first-order chi connectivity index (χ1) is 15.4. The van der Waals surface area contributed by atoms with Crippen LogP contribution in [0.1, 0.15) is 24.0 Å². The van der Waals surface area contributed by atoms with Crippen LogP contribution in [0.5, 0.6) is 5.75 Å². The highest BCUT2D eigenvalue weighted by molar-refractivity contribution is 6.32. The minimum absolute atomic E-state index is 0.118. The lowest BCUT2D eigenvalue weighted by Crippen LogP contribution is -2.53. The molecule has 2 aromatic rings. The Morgan fingerprint density at radius 3 is 2.59 bits per heavy atom. The molecule has 3 rings (SSSR count). The molecule has 3 amide bonds. The van der Waals surface area contributed by atoms with E-state index in [1.807, 2.05) is 30.3 Å². The van der Waals surface area contributed by atoms with Gasteiger partial charge in [0.2, 0.25) is 11.8 Å². The molecule has 1 aliphatic heterocycles. The maximum Gasteiger partial charge on any atom is 0.410 e. The van der Waals surface area contributed by atoms with Gasteiger partial charge in [0.1, 0.15) is 24.4 Å². The topological polar surface area (TPSA) is 111 Å². The zero-order valence-electron chi connectivity index (χ0n) is 17.8. The van der Waals surface area contributed by atoms with Crippen LogP contribution in [-0.2, 0) is 27.4 Å². The average molecular weight is 460 g/mol. The first-order valence-corrected chi connectivity index (χ1v) is 10.7. The summed E-state index contributed by atoms with van der Waals surface area (Å²) < 4.78 is 10.5. The van der Waals surface area contributed by atoms with Gasteiger partial charge in [0, 0.05) is 13.0 Å². The second-order valence-electron chi connectivity index (χ2n) is 7.53. The SMILES string of the molecule is COc1ccc(C[C@@H](NC(=O)[C@H]2CCCN2C(=O)OCc2ccccc2)C(N)=O)cc1Cl. The van der Waals surface area contributed by atoms with Gasteiger partial charge in [-0.2, -0.15) is 0 Å². The van der Waals surface area contributed by atoms with Crippen molar-refractivity contribution in [3.05, 3.63) is 64.7 Å². The number of nitrogens with zero attached hydrogens (tertiary/aromatic N) is 1. The number of nitrogens with two attached hydrogens (primary N) is 1. The van der Waals surface area contributed by atoms with Crippen LogP contribution in [-0.4, -0.2) is 48.5 Å². The Morgan fingerprint density at radius 2 is 1.94 bits per heavy atom. The molecule has 170 valence electrons. The van der Waals surface area contributed by atoms with Crippen molar-refractivity contribution in [2.24, 2.45) is 5.73 Å². The van der Waals surface area contributed by atoms with Gasteiger partial charge in [0.15, 0.2) is 0 Å². The van der Waals surface area contributed by atoms with Crippen molar-refractivity contribution in [1.29, 1.82) is 0 Å². The molecule has 0 radical (unpaired) electrons. The maximum atomic E-state index is 12.9. The molecular weight excluding hydrogens is 434 g/mol. The van der Waals surface area contributed by atoms with E-state index in [9.17, 15) is 14.4 Å². The number of ether oxygens (including phenoxy) is 2. The van der Waals surface area contributed by atoms with Crippen molar-refractivity contribution in [3.8, 4) is 5.75 Å². The van der Waals surface area contributed by atoms with E-state index < -0.39 is 30.0 Å². The Bertz CT molecular complexity index is 969. The number of primary amides is 1. The fourth-order valence-electron chi connectivity index (χ4n) is 3.62. The number of hydrogen-bond donors (Lipinski definition) is 2. The number of halogens is 1. The van der Waals surface area contributed by atoms with Gasteiger partial charge in [0.25, 0.3) is 0 Å². The highest BCUT2D eigenvalue weighted by atomic mass is 35.5. The molecule has 2 aromatic carbocycles. The molecule has 2 atom stereocenters. The Morgan fingerprint density at radius 1 is 1.19 bits per heavy atom. The second-order valence-corrected chi connectivity index (χ2v) is 7.94. The molecule has 3 N–H and O–H groups in total. The zero-order chi connectivity index (χ0) is 23.1. The van der Waals surface area contributed by atoms with Crippen LogP contribution in [0.15, 0.2) is 48.5 Å². The summed E-state index contributed by atoms with van der Waals surface area (Å²) >= 11 is 6.14. The predicted molar refractivity (Wildman–Crippen MR) is 119 cm³/mol. The quantitative estimate of drug-likeness (QED) is 0.630. The van der Waals surface area contributed by atoms with E-state index in [0.717, 1.165) is 5.56 Å². The molecule has 0 spiro atoms. The van der Waals surface area contributed by atoms with E-state index in [4.69, 9.17) is 26.8 Å². The molecule has 1 heterocycles. The van der Waals surface area contributed by atoms with Crippen LogP contribution in [0.25, 0.3) is 0 Å². The Kier molecular flexibility index (Phi) is 7.94. The van der Waals surface area contributed by atoms with Gasteiger partial charge in [0.05, 0.1) is 12.1 Å². The van der Waals surface area contributed by atoms with Crippen molar-refractivity contribution >= 4 is 29.5 Å². The van der Waals surface area contributed by atoms with Crippen LogP contribution in [0, 0.1) is 0 Å². The molecule has 0 saturated carbocycles. The van der Waals surface area contributed by atoms with E-state index in [1.165, 1.54) is 12.0 Å². The first kappa shape index (κ1) is 23.4. The van der Waals surface area contributed by atoms with E-state index >= 15 is 0 Å². The minimum Gasteiger partial charge on any atom is -0.495 e. The van der Waals surface area contributed by atoms with Crippen molar-refractivity contribution in [2.75, 3.05) is 13.7 Å². The predicted octanol–water partition coefficient (Wildman–Crippen LogP) is 2.66. The van der Waals surface area contributed by atoms with E-state index in [-0.39, 0.29) is 13.0 Å². The number of benzene rings is 2. The van der Waals surface area contributed by atoms with Gasteiger partial charge < -0.3 is 20.5 Å². The first-order valence-electron chi connectivity index (χ1n) is 10.3. The lowest BCUT2D eigenvalue weighted by molar-refractivity contribution is -0.130. The smallest absolute Gasteiger partial charge is 0.410 e. The third-order valence-electron chi connectivity index (χ3n) is 5.31. The van der Waals surface area contributed by atoms with Gasteiger partial charge in [-0.1, -0.05) is 48.0 Å². The number of methoxy groups -OCH3 is 1. The lowest BCUT2D eigenvalue weighted by atomic mass is 10.0. The van der Waals surface area contributed by atoms with E-state index in [2.05, 4.69) is 5.32 Å². The Labute approximate surface area is 191 Å². The van der Waals surface area contributed by atoms with Crippen LogP contribution >= 0.6 is 11.6 Å². The van der Waals surface area contributed by atoms with Crippen LogP contribution in [0.2, 0.25) is 5.02 Å². The number of likely N-dealkylation sites (tertiary alicyclic amines) is 1. The van der Waals surface area contributed by atoms with Crippen molar-refractivity contribution in [3.63, 3.8) is 0 Å². The molecule has 0 aromatic heterocycles. The number of nitrogens with one attached hydrogen (secondary N) is 1. The molecule has 0 unspecified atom stereocenters. The summed E-state index contributed by atoms with van der Waals surface area (Å²) in [4.78, 5) is 38.8. The van der Waals surface area contributed by atoms with Crippen molar-refractivity contribution in [2.45, 2.75) is 38.0 Å². The van der Waals surface area contributed by atoms with E-state index in [0.29, 0.717) is 35.7 Å². The normalized spacial score (nSPS) is 16.3. The number of amides is 3. The molecule has 9 heteroatoms. The lowest BCUT2D eigenvalue weighted by Gasteiger charge is -2.25. The second kappa shape index (κ2) is 10.9. The van der Waals surface area contributed by atoms with Gasteiger partial charge >= 0.3 is 6.09 Å². The van der Waals surface area contributed by atoms with Gasteiger partial charge in [-0.15, -0.1) is 0 Å². The van der Waals surface area contributed by atoms with Gasteiger partial charge in [-0.3, -0.25) is 14.5 Å². The standard InChI is InChI=1S/C23H26ClN3O5/c1-31-20-10-9-16(12-17(20)24)13-18(21(25)28)26-22(29)19-8-5-11-27(19)23(30)32-14-15-6-3-2-4-7-15/h2-4,6-7,9-10,12,18-19H,5,8,11,13-14H2,1H3,(H2,25,28)(H,26,29)/t18-,19-/m1/s1. The largest absolute Gasteiger partial charge is 0.495 e. The van der Waals surface area contributed by atoms with Crippen molar-refractivity contribution in [1.82, 2.24) is 10.2 Å². The molecule has 1 fully saturated rings. The fraction of sp³-hybridized carbons (Fsp3) is 0.348. The number of carbonyl (C=O) groups excluding carboxylic acids is 3. The molecule has 0 bridgehead atoms. The maximum absolute atomic E-state index is 12.9. The van der Waals surface area contributed by atoms with Gasteiger partial charge in [-0.25, -0.2) is 4.79 Å². The fourth-order valence-corrected chi connectivity index (χ4v) is 3.90. The van der Waals surface area contributed by atoms with Gasteiger partial charge in [-0.05, 0) is 36.1 Å². The number of hydrogen-bond acceptors (Lipinski definition) is 5. The Hall–Kier alpha value is -3.26. The summed E-state index contributed by atoms with van der Waals surface area (Å²) in [6.45, 7) is 0.522. The summed E-state index contributed by atoms with van der Waals surface area (Å²) in [5, 5.41) is 3.07. The number of carbonyl (C=O) groups is 3. The molecule has 1 aliphatic rings. The monoisotopic (exact) mass is 459 g/mol. The number of rotatable bonds is 8. The molecule has 32 heavy (non-hydrogen) atoms. The molecular formula is C23H26ClN3O5. The zero-order valence-corrected chi connectivity index (χ0v) is 18.5. The summed E-state index contributed by atoms with van der Waals surface area (Å²) in [5.41, 5.74) is 7.08. The Balaban J connectivity index is 1.61. The summed E-state index contributed by atoms with van der Waals surface area (Å²) in [7, 11) is 1.51. The van der Waals surface area contributed by atoms with Crippen LogP contribution in [0.4, 0.5) is 4.79 Å². The van der Waals surface area contributed by atoms with Crippen LogP contribution in [0.3, 0.4) is 0 Å². The van der Waals surface area contributed by atoms with Crippen molar-refractivity contribution < 1.29 is 23.9 Å². The summed E-state index contributed by atoms with van der Waals surface area (Å²) in [6, 6.07) is 12.7. The molecule has 8 nitrogen and oxygen atoms in total. The summed E-state index contributed by atoms with van der Waals surface area (Å²) in [6.07, 6.45) is 0.736. The third-order valence-corrected chi connectivity index (χ3v) is 5.61. The van der Waals surface area contributed by atoms with E-state index in [1.54, 1.807) is 18.2 Å². The third kappa shape index (κ3) is 5.91.